The molecule has 1 aromatic carbocycles. The summed E-state index contributed by atoms with van der Waals surface area (Å²) in [7, 11) is 0. The average Bonchev–Trinajstić information content (AvgIpc) is 3.19. The maximum absolute atomic E-state index is 4.24. The Morgan fingerprint density at radius 1 is 1.25 bits per heavy atom. The molecule has 1 aromatic heterocycles. The van der Waals surface area contributed by atoms with Gasteiger partial charge in [0.2, 0.25) is 0 Å². The summed E-state index contributed by atoms with van der Waals surface area (Å²) in [6.45, 7) is 5.62. The Morgan fingerprint density at radius 3 is 2.70 bits per heavy atom. The molecule has 1 fully saturated rings. The van der Waals surface area contributed by atoms with Crippen LogP contribution in [0.25, 0.3) is 5.69 Å². The summed E-state index contributed by atoms with van der Waals surface area (Å²) in [6.07, 6.45) is 4.57. The van der Waals surface area contributed by atoms with Crippen LogP contribution in [0.1, 0.15) is 38.3 Å². The number of rotatable bonds is 6. The van der Waals surface area contributed by atoms with Gasteiger partial charge in [-0.3, -0.25) is 0 Å². The molecule has 1 saturated carbocycles. The second-order valence-corrected chi connectivity index (χ2v) is 5.85. The maximum Gasteiger partial charge on any atom is 0.0732 e. The summed E-state index contributed by atoms with van der Waals surface area (Å²) < 4.78 is 1.96. The molecule has 1 N–H and O–H groups in total. The third kappa shape index (κ3) is 2.90. The van der Waals surface area contributed by atoms with Gasteiger partial charge in [0.1, 0.15) is 0 Å². The highest BCUT2D eigenvalue weighted by Gasteiger charge is 2.24. The highest BCUT2D eigenvalue weighted by molar-refractivity contribution is 5.32. The van der Waals surface area contributed by atoms with Crippen LogP contribution in [0.2, 0.25) is 0 Å². The molecule has 1 aliphatic rings. The molecule has 20 heavy (non-hydrogen) atoms. The van der Waals surface area contributed by atoms with Crippen LogP contribution in [0.5, 0.6) is 0 Å². The molecular formula is C16H22N4. The smallest absolute Gasteiger partial charge is 0.0732 e. The van der Waals surface area contributed by atoms with Gasteiger partial charge in [-0.2, -0.15) is 0 Å². The number of aromatic nitrogens is 3. The van der Waals surface area contributed by atoms with Crippen molar-refractivity contribution >= 4 is 0 Å². The van der Waals surface area contributed by atoms with Crippen LogP contribution in [0.15, 0.2) is 36.5 Å². The van der Waals surface area contributed by atoms with E-state index >= 15 is 0 Å². The molecule has 106 valence electrons. The zero-order chi connectivity index (χ0) is 13.9. The molecule has 1 heterocycles. The van der Waals surface area contributed by atoms with Gasteiger partial charge in [-0.05, 0) is 37.4 Å². The molecule has 2 aromatic rings. The molecule has 0 bridgehead atoms. The lowest BCUT2D eigenvalue weighted by Gasteiger charge is -2.21. The van der Waals surface area contributed by atoms with Crippen LogP contribution in [-0.4, -0.2) is 27.6 Å². The molecule has 3 rings (SSSR count). The lowest BCUT2D eigenvalue weighted by Crippen LogP contribution is -2.26. The van der Waals surface area contributed by atoms with Gasteiger partial charge in [-0.1, -0.05) is 37.3 Å². The number of hydrogen-bond acceptors (Lipinski definition) is 3. The molecule has 1 aliphatic carbocycles. The topological polar surface area (TPSA) is 42.7 Å². The summed E-state index contributed by atoms with van der Waals surface area (Å²) in [5.74, 6) is 0.994. The average molecular weight is 270 g/mol. The molecule has 4 nitrogen and oxygen atoms in total. The third-order valence-corrected chi connectivity index (χ3v) is 4.20. The van der Waals surface area contributed by atoms with Crippen molar-refractivity contribution in [1.82, 2.24) is 20.3 Å². The molecule has 0 spiro atoms. The number of nitrogens with zero attached hydrogens (tertiary/aromatic N) is 3. The predicted octanol–water partition coefficient (Wildman–Crippen LogP) is 2.76. The van der Waals surface area contributed by atoms with Crippen LogP contribution < -0.4 is 5.32 Å². The Morgan fingerprint density at radius 2 is 2.00 bits per heavy atom. The first-order valence-electron chi connectivity index (χ1n) is 7.45. The Kier molecular flexibility index (Phi) is 3.83. The van der Waals surface area contributed by atoms with Gasteiger partial charge in [0.15, 0.2) is 0 Å². The molecule has 2 atom stereocenters. The number of benzene rings is 1. The van der Waals surface area contributed by atoms with Gasteiger partial charge in [-0.25, -0.2) is 4.68 Å². The molecular weight excluding hydrogens is 248 g/mol. The van der Waals surface area contributed by atoms with E-state index in [9.17, 15) is 0 Å². The molecule has 0 amide bonds. The largest absolute Gasteiger partial charge is 0.314 e. The van der Waals surface area contributed by atoms with Crippen molar-refractivity contribution in [1.29, 1.82) is 0 Å². The number of para-hydroxylation sites is 1. The van der Waals surface area contributed by atoms with E-state index in [-0.39, 0.29) is 0 Å². The molecule has 0 saturated heterocycles. The van der Waals surface area contributed by atoms with Gasteiger partial charge in [0.05, 0.1) is 17.6 Å². The minimum Gasteiger partial charge on any atom is -0.314 e. The van der Waals surface area contributed by atoms with E-state index in [0.717, 1.165) is 18.3 Å². The lowest BCUT2D eigenvalue weighted by atomic mass is 9.93. The highest BCUT2D eigenvalue weighted by Crippen LogP contribution is 2.26. The fraction of sp³-hybridized carbons (Fsp3) is 0.500. The lowest BCUT2D eigenvalue weighted by molar-refractivity contribution is 0.433. The Balaban J connectivity index is 1.74. The van der Waals surface area contributed by atoms with Crippen molar-refractivity contribution in [2.75, 3.05) is 6.54 Å². The maximum atomic E-state index is 4.24. The normalized spacial score (nSPS) is 17.9. The Hall–Kier alpha value is -1.68. The minimum absolute atomic E-state index is 0.427. The van der Waals surface area contributed by atoms with Gasteiger partial charge in [-0.15, -0.1) is 5.10 Å². The predicted molar refractivity (Wildman–Crippen MR) is 80.0 cm³/mol. The Bertz CT molecular complexity index is 545. The summed E-state index contributed by atoms with van der Waals surface area (Å²) >= 11 is 0. The van der Waals surface area contributed by atoms with Crippen LogP contribution in [0.4, 0.5) is 0 Å². The molecule has 0 aliphatic heterocycles. The van der Waals surface area contributed by atoms with Crippen molar-refractivity contribution in [3.8, 4) is 5.69 Å². The first-order chi connectivity index (χ1) is 9.75. The monoisotopic (exact) mass is 270 g/mol. The van der Waals surface area contributed by atoms with Crippen molar-refractivity contribution in [3.63, 3.8) is 0 Å². The van der Waals surface area contributed by atoms with E-state index in [1.807, 2.05) is 29.1 Å². The van der Waals surface area contributed by atoms with Crippen LogP contribution in [0, 0.1) is 5.92 Å². The number of nitrogens with one attached hydrogen (secondary N) is 1. The standard InChI is InChI=1S/C16H22N4/c1-12(10-17-14-8-9-14)13(2)16-11-18-19-20(16)15-6-4-3-5-7-15/h3-7,11-14,17H,8-10H2,1-2H3. The van der Waals surface area contributed by atoms with Crippen LogP contribution in [0.3, 0.4) is 0 Å². The summed E-state index contributed by atoms with van der Waals surface area (Å²) in [4.78, 5) is 0. The van der Waals surface area contributed by atoms with E-state index in [2.05, 4.69) is 41.6 Å². The minimum atomic E-state index is 0.427. The molecule has 2 unspecified atom stereocenters. The molecule has 0 radical (unpaired) electrons. The van der Waals surface area contributed by atoms with Crippen molar-refractivity contribution in [2.24, 2.45) is 5.92 Å². The fourth-order valence-electron chi connectivity index (χ4n) is 2.43. The van der Waals surface area contributed by atoms with E-state index in [4.69, 9.17) is 0 Å². The summed E-state index contributed by atoms with van der Waals surface area (Å²) in [6, 6.07) is 11.0. The number of hydrogen-bond donors (Lipinski definition) is 1. The quantitative estimate of drug-likeness (QED) is 0.877. The molecule has 4 heteroatoms. The summed E-state index contributed by atoms with van der Waals surface area (Å²) in [5.41, 5.74) is 2.26. The second kappa shape index (κ2) is 5.75. The van der Waals surface area contributed by atoms with Crippen molar-refractivity contribution in [2.45, 2.75) is 38.6 Å². The first kappa shape index (κ1) is 13.3. The van der Waals surface area contributed by atoms with Gasteiger partial charge < -0.3 is 5.32 Å². The first-order valence-corrected chi connectivity index (χ1v) is 7.45. The van der Waals surface area contributed by atoms with E-state index in [0.29, 0.717) is 11.8 Å². The SMILES string of the molecule is CC(CNC1CC1)C(C)c1cnnn1-c1ccccc1. The van der Waals surface area contributed by atoms with Gasteiger partial charge in [0.25, 0.3) is 0 Å². The third-order valence-electron chi connectivity index (χ3n) is 4.20. The van der Waals surface area contributed by atoms with Crippen LogP contribution in [-0.2, 0) is 0 Å². The van der Waals surface area contributed by atoms with Crippen molar-refractivity contribution < 1.29 is 0 Å². The summed E-state index contributed by atoms with van der Waals surface area (Å²) in [5, 5.41) is 12.0. The fourth-order valence-corrected chi connectivity index (χ4v) is 2.43. The van der Waals surface area contributed by atoms with Gasteiger partial charge >= 0.3 is 0 Å². The Labute approximate surface area is 120 Å². The zero-order valence-electron chi connectivity index (χ0n) is 12.2. The van der Waals surface area contributed by atoms with E-state index in [1.54, 1.807) is 0 Å². The van der Waals surface area contributed by atoms with Crippen LogP contribution >= 0.6 is 0 Å². The van der Waals surface area contributed by atoms with Gasteiger partial charge in [0, 0.05) is 12.0 Å². The van der Waals surface area contributed by atoms with E-state index < -0.39 is 0 Å². The second-order valence-electron chi connectivity index (χ2n) is 5.85. The van der Waals surface area contributed by atoms with E-state index in [1.165, 1.54) is 18.5 Å². The zero-order valence-corrected chi connectivity index (χ0v) is 12.2. The van der Waals surface area contributed by atoms with Crippen molar-refractivity contribution in [3.05, 3.63) is 42.2 Å². The highest BCUT2D eigenvalue weighted by atomic mass is 15.4.